The van der Waals surface area contributed by atoms with Crippen LogP contribution >= 0.6 is 11.6 Å². The lowest BCUT2D eigenvalue weighted by Gasteiger charge is -2.15. The van der Waals surface area contributed by atoms with E-state index in [2.05, 4.69) is 4.72 Å². The molecule has 0 unspecified atom stereocenters. The topological polar surface area (TPSA) is 55.4 Å². The van der Waals surface area contributed by atoms with E-state index in [0.717, 1.165) is 12.1 Å². The molecule has 2 aromatic rings. The Hall–Kier alpha value is -1.93. The summed E-state index contributed by atoms with van der Waals surface area (Å²) in [5, 5.41) is 0.230. The van der Waals surface area contributed by atoms with E-state index in [-0.39, 0.29) is 21.4 Å². The standard InChI is InChI=1S/C15H13ClF3NO3S/c1-9-3-5-11(8-12(9)16)24(21,22)20-13-7-10(15(17,18)19)4-6-14(13)23-2/h3-8,20H,1-2H3. The molecule has 2 aromatic carbocycles. The first-order valence-electron chi connectivity index (χ1n) is 6.59. The smallest absolute Gasteiger partial charge is 0.416 e. The van der Waals surface area contributed by atoms with E-state index in [1.807, 2.05) is 0 Å². The second-order valence-corrected chi connectivity index (χ2v) is 7.02. The summed E-state index contributed by atoms with van der Waals surface area (Å²) in [4.78, 5) is -0.169. The van der Waals surface area contributed by atoms with Crippen molar-refractivity contribution in [1.29, 1.82) is 0 Å². The molecule has 1 N–H and O–H groups in total. The van der Waals surface area contributed by atoms with Crippen LogP contribution in [0.4, 0.5) is 18.9 Å². The van der Waals surface area contributed by atoms with Crippen molar-refractivity contribution in [3.8, 4) is 5.75 Å². The Balaban J connectivity index is 2.46. The molecule has 0 saturated carbocycles. The molecule has 0 spiro atoms. The molecule has 130 valence electrons. The van der Waals surface area contributed by atoms with Gasteiger partial charge in [-0.05, 0) is 42.8 Å². The van der Waals surface area contributed by atoms with Crippen molar-refractivity contribution in [2.45, 2.75) is 18.0 Å². The molecule has 0 bridgehead atoms. The molecule has 0 radical (unpaired) electrons. The lowest BCUT2D eigenvalue weighted by molar-refractivity contribution is -0.137. The van der Waals surface area contributed by atoms with E-state index in [1.165, 1.54) is 25.3 Å². The van der Waals surface area contributed by atoms with Crippen LogP contribution in [0.3, 0.4) is 0 Å². The molecule has 2 rings (SSSR count). The molecule has 0 amide bonds. The lowest BCUT2D eigenvalue weighted by atomic mass is 10.2. The van der Waals surface area contributed by atoms with Gasteiger partial charge in [0.15, 0.2) is 0 Å². The van der Waals surface area contributed by atoms with Crippen molar-refractivity contribution < 1.29 is 26.3 Å². The minimum atomic E-state index is -4.61. The summed E-state index contributed by atoms with van der Waals surface area (Å²) in [5.74, 6) is -0.0372. The highest BCUT2D eigenvalue weighted by Crippen LogP contribution is 2.36. The summed E-state index contributed by atoms with van der Waals surface area (Å²) < 4.78 is 70.3. The maximum Gasteiger partial charge on any atom is 0.416 e. The van der Waals surface area contributed by atoms with Crippen LogP contribution in [0.15, 0.2) is 41.3 Å². The van der Waals surface area contributed by atoms with Gasteiger partial charge in [0.2, 0.25) is 0 Å². The number of benzene rings is 2. The first kappa shape index (κ1) is 18.4. The number of sulfonamides is 1. The van der Waals surface area contributed by atoms with Gasteiger partial charge in [0.1, 0.15) is 5.75 Å². The van der Waals surface area contributed by atoms with Crippen LogP contribution in [-0.4, -0.2) is 15.5 Å². The molecular formula is C15H13ClF3NO3S. The average molecular weight is 380 g/mol. The molecule has 0 aliphatic rings. The third kappa shape index (κ3) is 3.93. The second-order valence-electron chi connectivity index (χ2n) is 4.93. The van der Waals surface area contributed by atoms with Crippen LogP contribution in [0.5, 0.6) is 5.75 Å². The van der Waals surface area contributed by atoms with Crippen molar-refractivity contribution in [3.63, 3.8) is 0 Å². The molecule has 0 aliphatic heterocycles. The number of methoxy groups -OCH3 is 1. The monoisotopic (exact) mass is 379 g/mol. The van der Waals surface area contributed by atoms with Crippen LogP contribution in [-0.2, 0) is 16.2 Å². The Kier molecular flexibility index (Phi) is 5.00. The predicted octanol–water partition coefficient (Wildman–Crippen LogP) is 4.48. The first-order valence-corrected chi connectivity index (χ1v) is 8.45. The Bertz CT molecular complexity index is 867. The zero-order chi connectivity index (χ0) is 18.1. The molecule has 9 heteroatoms. The Morgan fingerprint density at radius 1 is 1.12 bits per heavy atom. The second kappa shape index (κ2) is 6.52. The maximum atomic E-state index is 12.8. The van der Waals surface area contributed by atoms with Gasteiger partial charge in [-0.25, -0.2) is 8.42 Å². The summed E-state index contributed by atoms with van der Waals surface area (Å²) in [6, 6.07) is 6.55. The van der Waals surface area contributed by atoms with Gasteiger partial charge < -0.3 is 4.74 Å². The van der Waals surface area contributed by atoms with Gasteiger partial charge in [-0.2, -0.15) is 13.2 Å². The van der Waals surface area contributed by atoms with Crippen LogP contribution in [0, 0.1) is 6.92 Å². The fraction of sp³-hybridized carbons (Fsp3) is 0.200. The highest BCUT2D eigenvalue weighted by atomic mass is 35.5. The summed E-state index contributed by atoms with van der Waals surface area (Å²) in [7, 11) is -2.90. The fourth-order valence-electron chi connectivity index (χ4n) is 1.91. The molecule has 0 aliphatic carbocycles. The first-order chi connectivity index (χ1) is 11.0. The molecular weight excluding hydrogens is 367 g/mol. The third-order valence-electron chi connectivity index (χ3n) is 3.22. The highest BCUT2D eigenvalue weighted by molar-refractivity contribution is 7.92. The number of halogens is 4. The quantitative estimate of drug-likeness (QED) is 0.852. The van der Waals surface area contributed by atoms with E-state index in [4.69, 9.17) is 16.3 Å². The molecule has 0 heterocycles. The summed E-state index contributed by atoms with van der Waals surface area (Å²) in [6.45, 7) is 1.70. The molecule has 0 aromatic heterocycles. The average Bonchev–Trinajstić information content (AvgIpc) is 2.48. The summed E-state index contributed by atoms with van der Waals surface area (Å²) in [5.41, 5.74) is -0.640. The third-order valence-corrected chi connectivity index (χ3v) is 5.00. The minimum Gasteiger partial charge on any atom is -0.495 e. The molecule has 24 heavy (non-hydrogen) atoms. The van der Waals surface area contributed by atoms with E-state index in [1.54, 1.807) is 6.92 Å². The van der Waals surface area contributed by atoms with Gasteiger partial charge in [-0.1, -0.05) is 17.7 Å². The Labute approximate surface area is 142 Å². The van der Waals surface area contributed by atoms with Gasteiger partial charge in [0.25, 0.3) is 10.0 Å². The molecule has 0 saturated heterocycles. The van der Waals surface area contributed by atoms with Crippen molar-refractivity contribution in [3.05, 3.63) is 52.5 Å². The summed E-state index contributed by atoms with van der Waals surface area (Å²) in [6.07, 6.45) is -4.61. The van der Waals surface area contributed by atoms with Crippen LogP contribution in [0.25, 0.3) is 0 Å². The fourth-order valence-corrected chi connectivity index (χ4v) is 3.24. The zero-order valence-corrected chi connectivity index (χ0v) is 14.2. The lowest BCUT2D eigenvalue weighted by Crippen LogP contribution is -2.15. The van der Waals surface area contributed by atoms with Gasteiger partial charge in [-0.3, -0.25) is 4.72 Å². The molecule has 0 fully saturated rings. The zero-order valence-electron chi connectivity index (χ0n) is 12.6. The number of nitrogens with one attached hydrogen (secondary N) is 1. The minimum absolute atomic E-state index is 0.0372. The number of aryl methyl sites for hydroxylation is 1. The van der Waals surface area contributed by atoms with Crippen molar-refractivity contribution in [1.82, 2.24) is 0 Å². The number of ether oxygens (including phenoxy) is 1. The highest BCUT2D eigenvalue weighted by Gasteiger charge is 2.31. The Morgan fingerprint density at radius 3 is 2.33 bits per heavy atom. The Morgan fingerprint density at radius 2 is 1.79 bits per heavy atom. The molecule has 4 nitrogen and oxygen atoms in total. The number of hydrogen-bond acceptors (Lipinski definition) is 3. The number of anilines is 1. The number of rotatable bonds is 4. The van der Waals surface area contributed by atoms with Gasteiger partial charge in [-0.15, -0.1) is 0 Å². The van der Waals surface area contributed by atoms with Crippen molar-refractivity contribution in [2.24, 2.45) is 0 Å². The van der Waals surface area contributed by atoms with Gasteiger partial charge in [0, 0.05) is 5.02 Å². The van der Waals surface area contributed by atoms with Crippen LogP contribution in [0.1, 0.15) is 11.1 Å². The summed E-state index contributed by atoms with van der Waals surface area (Å²) >= 11 is 5.90. The normalized spacial score (nSPS) is 12.1. The predicted molar refractivity (Wildman–Crippen MR) is 85.0 cm³/mol. The van der Waals surface area contributed by atoms with Gasteiger partial charge >= 0.3 is 6.18 Å². The van der Waals surface area contributed by atoms with E-state index in [9.17, 15) is 21.6 Å². The number of alkyl halides is 3. The van der Waals surface area contributed by atoms with Crippen LogP contribution in [0.2, 0.25) is 5.02 Å². The SMILES string of the molecule is COc1ccc(C(F)(F)F)cc1NS(=O)(=O)c1ccc(C)c(Cl)c1. The number of hydrogen-bond donors (Lipinski definition) is 1. The van der Waals surface area contributed by atoms with E-state index in [0.29, 0.717) is 11.6 Å². The van der Waals surface area contributed by atoms with Crippen molar-refractivity contribution >= 4 is 27.3 Å². The van der Waals surface area contributed by atoms with Gasteiger partial charge in [0.05, 0.1) is 23.3 Å². The van der Waals surface area contributed by atoms with E-state index >= 15 is 0 Å². The largest absolute Gasteiger partial charge is 0.495 e. The van der Waals surface area contributed by atoms with Crippen LogP contribution < -0.4 is 9.46 Å². The maximum absolute atomic E-state index is 12.8. The van der Waals surface area contributed by atoms with Crippen molar-refractivity contribution in [2.75, 3.05) is 11.8 Å². The molecule has 0 atom stereocenters. The van der Waals surface area contributed by atoms with E-state index < -0.39 is 21.8 Å².